The molecule has 25 heavy (non-hydrogen) atoms. The molecule has 1 saturated heterocycles. The van der Waals surface area contributed by atoms with Crippen LogP contribution in [0.3, 0.4) is 0 Å². The van der Waals surface area contributed by atoms with Gasteiger partial charge in [0.25, 0.3) is 0 Å². The van der Waals surface area contributed by atoms with E-state index in [2.05, 4.69) is 10.2 Å². The molecule has 1 aromatic rings. The van der Waals surface area contributed by atoms with E-state index in [9.17, 15) is 9.59 Å². The number of anilines is 1. The number of ether oxygens (including phenoxy) is 3. The molecule has 0 unspecified atom stereocenters. The largest absolute Gasteiger partial charge is 0.486 e. The fourth-order valence-electron chi connectivity index (χ4n) is 3.22. The first-order valence-electron chi connectivity index (χ1n) is 8.61. The van der Waals surface area contributed by atoms with Gasteiger partial charge in [0.1, 0.15) is 13.2 Å². The summed E-state index contributed by atoms with van der Waals surface area (Å²) in [5, 5.41) is 2.93. The van der Waals surface area contributed by atoms with Crippen LogP contribution < -0.4 is 14.8 Å². The van der Waals surface area contributed by atoms with Crippen molar-refractivity contribution in [2.24, 2.45) is 5.92 Å². The number of hydrogen-bond donors (Lipinski definition) is 1. The Morgan fingerprint density at radius 1 is 1.20 bits per heavy atom. The number of rotatable bonds is 4. The summed E-state index contributed by atoms with van der Waals surface area (Å²) in [4.78, 5) is 26.2. The van der Waals surface area contributed by atoms with Crippen LogP contribution in [0.4, 0.5) is 5.69 Å². The Bertz CT molecular complexity index is 640. The number of amides is 1. The highest BCUT2D eigenvalue weighted by Gasteiger charge is 2.30. The Morgan fingerprint density at radius 3 is 2.56 bits per heavy atom. The van der Waals surface area contributed by atoms with Crippen LogP contribution in [0.5, 0.6) is 11.5 Å². The Morgan fingerprint density at radius 2 is 1.88 bits per heavy atom. The number of benzene rings is 1. The highest BCUT2D eigenvalue weighted by Crippen LogP contribution is 2.32. The van der Waals surface area contributed by atoms with Gasteiger partial charge in [-0.2, -0.15) is 0 Å². The average Bonchev–Trinajstić information content (AvgIpc) is 2.66. The molecule has 0 aliphatic carbocycles. The second-order valence-corrected chi connectivity index (χ2v) is 6.36. The molecule has 1 amide bonds. The van der Waals surface area contributed by atoms with Crippen molar-refractivity contribution in [1.82, 2.24) is 4.90 Å². The van der Waals surface area contributed by atoms with Gasteiger partial charge in [-0.25, -0.2) is 0 Å². The first-order valence-corrected chi connectivity index (χ1v) is 8.61. The van der Waals surface area contributed by atoms with Crippen LogP contribution in [0, 0.1) is 5.92 Å². The minimum atomic E-state index is -0.271. The predicted octanol–water partition coefficient (Wildman–Crippen LogP) is 1.67. The number of nitrogens with one attached hydrogen (secondary N) is 1. The third kappa shape index (κ3) is 4.04. The minimum Gasteiger partial charge on any atom is -0.486 e. The van der Waals surface area contributed by atoms with Gasteiger partial charge in [0.2, 0.25) is 5.91 Å². The number of carbonyl (C=O) groups is 2. The first-order chi connectivity index (χ1) is 12.1. The maximum absolute atomic E-state index is 12.5. The molecular formula is C18H24N2O5. The lowest BCUT2D eigenvalue weighted by Gasteiger charge is -2.34. The van der Waals surface area contributed by atoms with E-state index in [-0.39, 0.29) is 23.8 Å². The highest BCUT2D eigenvalue weighted by atomic mass is 16.6. The molecule has 136 valence electrons. The van der Waals surface area contributed by atoms with E-state index < -0.39 is 0 Å². The molecule has 2 aliphatic rings. The molecule has 2 aliphatic heterocycles. The Hall–Kier alpha value is -2.28. The number of likely N-dealkylation sites (tertiary alicyclic amines) is 1. The molecule has 1 atom stereocenters. The molecule has 7 nitrogen and oxygen atoms in total. The number of piperidine rings is 1. The summed E-state index contributed by atoms with van der Waals surface area (Å²) in [6, 6.07) is 5.12. The van der Waals surface area contributed by atoms with Gasteiger partial charge in [-0.15, -0.1) is 0 Å². The van der Waals surface area contributed by atoms with Crippen LogP contribution >= 0.6 is 0 Å². The number of nitrogens with zero attached hydrogens (tertiary/aromatic N) is 1. The molecule has 0 radical (unpaired) electrons. The van der Waals surface area contributed by atoms with Gasteiger partial charge in [0, 0.05) is 11.8 Å². The van der Waals surface area contributed by atoms with Gasteiger partial charge in [0.15, 0.2) is 11.5 Å². The van der Waals surface area contributed by atoms with E-state index in [1.807, 2.05) is 13.0 Å². The maximum Gasteiger partial charge on any atom is 0.308 e. The minimum absolute atomic E-state index is 0.0608. The summed E-state index contributed by atoms with van der Waals surface area (Å²) in [5.41, 5.74) is 0.686. The fraction of sp³-hybridized carbons (Fsp3) is 0.556. The van der Waals surface area contributed by atoms with Crippen LogP contribution in [0.1, 0.15) is 19.8 Å². The van der Waals surface area contributed by atoms with Crippen molar-refractivity contribution in [2.45, 2.75) is 25.8 Å². The topological polar surface area (TPSA) is 77.1 Å². The van der Waals surface area contributed by atoms with Gasteiger partial charge in [0.05, 0.1) is 19.1 Å². The first kappa shape index (κ1) is 17.5. The molecule has 1 N–H and O–H groups in total. The van der Waals surface area contributed by atoms with E-state index in [4.69, 9.17) is 14.2 Å². The molecule has 3 rings (SSSR count). The van der Waals surface area contributed by atoms with Crippen LogP contribution in [-0.4, -0.2) is 56.2 Å². The van der Waals surface area contributed by atoms with Crippen molar-refractivity contribution in [1.29, 1.82) is 0 Å². The maximum atomic E-state index is 12.5. The molecule has 0 aromatic heterocycles. The van der Waals surface area contributed by atoms with E-state index in [0.29, 0.717) is 56.3 Å². The molecule has 0 saturated carbocycles. The lowest BCUT2D eigenvalue weighted by Crippen LogP contribution is -2.47. The zero-order chi connectivity index (χ0) is 17.8. The molecule has 2 heterocycles. The lowest BCUT2D eigenvalue weighted by molar-refractivity contribution is -0.147. The number of carbonyl (C=O) groups excluding carboxylic acids is 2. The second-order valence-electron chi connectivity index (χ2n) is 6.36. The number of hydrogen-bond acceptors (Lipinski definition) is 6. The van der Waals surface area contributed by atoms with Crippen molar-refractivity contribution in [2.75, 3.05) is 38.7 Å². The number of methoxy groups -OCH3 is 1. The summed E-state index contributed by atoms with van der Waals surface area (Å²) in [6.45, 7) is 4.34. The normalized spacial score (nSPS) is 19.1. The lowest BCUT2D eigenvalue weighted by atomic mass is 9.96. The second kappa shape index (κ2) is 7.74. The van der Waals surface area contributed by atoms with E-state index in [0.717, 1.165) is 0 Å². The Kier molecular flexibility index (Phi) is 5.43. The van der Waals surface area contributed by atoms with Crippen LogP contribution in [0.15, 0.2) is 18.2 Å². The summed E-state index contributed by atoms with van der Waals surface area (Å²) >= 11 is 0. The zero-order valence-corrected chi connectivity index (χ0v) is 14.6. The predicted molar refractivity (Wildman–Crippen MR) is 91.8 cm³/mol. The molecule has 7 heteroatoms. The fourth-order valence-corrected chi connectivity index (χ4v) is 3.22. The Balaban J connectivity index is 1.55. The number of fused-ring (bicyclic) bond motifs is 1. The molecular weight excluding hydrogens is 324 g/mol. The highest BCUT2D eigenvalue weighted by molar-refractivity contribution is 5.94. The van der Waals surface area contributed by atoms with E-state index in [1.165, 1.54) is 7.11 Å². The van der Waals surface area contributed by atoms with Gasteiger partial charge in [-0.1, -0.05) is 0 Å². The van der Waals surface area contributed by atoms with Gasteiger partial charge in [-0.3, -0.25) is 14.5 Å². The number of esters is 1. The third-order valence-corrected chi connectivity index (χ3v) is 4.80. The SMILES string of the molecule is COC(=O)C1CCN([C@@H](C)C(=O)Nc2ccc3c(c2)OCCO3)CC1. The van der Waals surface area contributed by atoms with Gasteiger partial charge in [-0.05, 0) is 45.0 Å². The summed E-state index contributed by atoms with van der Waals surface area (Å²) in [6.07, 6.45) is 1.43. The summed E-state index contributed by atoms with van der Waals surface area (Å²) < 4.78 is 15.8. The summed E-state index contributed by atoms with van der Waals surface area (Å²) in [5.74, 6) is 1.05. The molecule has 1 fully saturated rings. The molecule has 0 spiro atoms. The smallest absolute Gasteiger partial charge is 0.308 e. The monoisotopic (exact) mass is 348 g/mol. The average molecular weight is 348 g/mol. The van der Waals surface area contributed by atoms with Gasteiger partial charge < -0.3 is 19.5 Å². The van der Waals surface area contributed by atoms with Crippen molar-refractivity contribution >= 4 is 17.6 Å². The van der Waals surface area contributed by atoms with Crippen molar-refractivity contribution in [3.8, 4) is 11.5 Å². The zero-order valence-electron chi connectivity index (χ0n) is 14.6. The Labute approximate surface area is 147 Å². The standard InChI is InChI=1S/C18H24N2O5/c1-12(20-7-5-13(6-8-20)18(22)23-2)17(21)19-14-3-4-15-16(11-14)25-10-9-24-15/h3-4,11-13H,5-10H2,1-2H3,(H,19,21)/t12-/m0/s1. The summed E-state index contributed by atoms with van der Waals surface area (Å²) in [7, 11) is 1.41. The van der Waals surface area contributed by atoms with Gasteiger partial charge >= 0.3 is 5.97 Å². The van der Waals surface area contributed by atoms with Crippen molar-refractivity contribution in [3.63, 3.8) is 0 Å². The third-order valence-electron chi connectivity index (χ3n) is 4.80. The van der Waals surface area contributed by atoms with Crippen LogP contribution in [0.25, 0.3) is 0 Å². The van der Waals surface area contributed by atoms with E-state index >= 15 is 0 Å². The van der Waals surface area contributed by atoms with Crippen molar-refractivity contribution in [3.05, 3.63) is 18.2 Å². The van der Waals surface area contributed by atoms with E-state index in [1.54, 1.807) is 12.1 Å². The molecule has 0 bridgehead atoms. The van der Waals surface area contributed by atoms with Crippen LogP contribution in [-0.2, 0) is 14.3 Å². The van der Waals surface area contributed by atoms with Crippen molar-refractivity contribution < 1.29 is 23.8 Å². The van der Waals surface area contributed by atoms with Crippen LogP contribution in [0.2, 0.25) is 0 Å². The quantitative estimate of drug-likeness (QED) is 0.834. The molecule has 1 aromatic carbocycles.